The normalized spacial score (nSPS) is 17.8. The molecule has 1 amide bonds. The van der Waals surface area contributed by atoms with Gasteiger partial charge >= 0.3 is 0 Å². The van der Waals surface area contributed by atoms with E-state index in [0.717, 1.165) is 56.5 Å². The summed E-state index contributed by atoms with van der Waals surface area (Å²) < 4.78 is 1.83. The summed E-state index contributed by atoms with van der Waals surface area (Å²) >= 11 is 1.36. The molecule has 5 rings (SSSR count). The largest absolute Gasteiger partial charge is 0.350 e. The molecule has 1 aliphatic heterocycles. The highest BCUT2D eigenvalue weighted by molar-refractivity contribution is 7.20. The summed E-state index contributed by atoms with van der Waals surface area (Å²) in [6.07, 6.45) is 7.43. The third kappa shape index (κ3) is 3.18. The second kappa shape index (κ2) is 7.65. The van der Waals surface area contributed by atoms with Crippen LogP contribution in [-0.2, 0) is 18.4 Å². The van der Waals surface area contributed by atoms with Crippen molar-refractivity contribution in [3.8, 4) is 0 Å². The van der Waals surface area contributed by atoms with E-state index in [2.05, 4.69) is 29.6 Å². The zero-order chi connectivity index (χ0) is 20.7. The van der Waals surface area contributed by atoms with Gasteiger partial charge in [-0.15, -0.1) is 11.3 Å². The second-order valence-electron chi connectivity index (χ2n) is 8.71. The van der Waals surface area contributed by atoms with Crippen LogP contribution in [-0.4, -0.2) is 22.0 Å². The van der Waals surface area contributed by atoms with Crippen LogP contribution in [0.5, 0.6) is 0 Å². The first kappa shape index (κ1) is 19.5. The van der Waals surface area contributed by atoms with Crippen LogP contribution in [0.3, 0.4) is 0 Å². The van der Waals surface area contributed by atoms with Gasteiger partial charge in [0.2, 0.25) is 0 Å². The minimum absolute atomic E-state index is 0.0180. The van der Waals surface area contributed by atoms with Crippen LogP contribution in [0, 0.1) is 6.92 Å². The maximum Gasteiger partial charge on any atom is 0.262 e. The molecule has 1 aliphatic carbocycles. The highest BCUT2D eigenvalue weighted by Gasteiger charge is 2.39. The van der Waals surface area contributed by atoms with E-state index in [9.17, 15) is 9.59 Å². The SMILES string of the molecule is Cc1c(C(=O)NCC2(c3ccccc3)CCC2)sc2nc3n(c(=O)c12)CCCCC3. The summed E-state index contributed by atoms with van der Waals surface area (Å²) in [4.78, 5) is 32.4. The van der Waals surface area contributed by atoms with Gasteiger partial charge in [-0.05, 0) is 43.7 Å². The Hall–Kier alpha value is -2.47. The highest BCUT2D eigenvalue weighted by atomic mass is 32.1. The fraction of sp³-hybridized carbons (Fsp3) is 0.458. The molecule has 2 aliphatic rings. The minimum atomic E-state index is -0.0858. The van der Waals surface area contributed by atoms with E-state index in [1.165, 1.54) is 23.3 Å². The van der Waals surface area contributed by atoms with E-state index < -0.39 is 0 Å². The molecule has 5 nitrogen and oxygen atoms in total. The first-order chi connectivity index (χ1) is 14.6. The predicted octanol–water partition coefficient (Wildman–Crippen LogP) is 4.34. The van der Waals surface area contributed by atoms with E-state index in [-0.39, 0.29) is 16.9 Å². The Morgan fingerprint density at radius 3 is 2.70 bits per heavy atom. The lowest BCUT2D eigenvalue weighted by Gasteiger charge is -2.42. The first-order valence-electron chi connectivity index (χ1n) is 11.0. The summed E-state index contributed by atoms with van der Waals surface area (Å²) in [7, 11) is 0. The van der Waals surface area contributed by atoms with Crippen LogP contribution in [0.25, 0.3) is 10.2 Å². The Bertz CT molecular complexity index is 1160. The van der Waals surface area contributed by atoms with E-state index in [4.69, 9.17) is 4.98 Å². The fourth-order valence-electron chi connectivity index (χ4n) is 4.92. The van der Waals surface area contributed by atoms with E-state index in [0.29, 0.717) is 21.6 Å². The number of carbonyl (C=O) groups excluding carboxylic acids is 1. The summed E-state index contributed by atoms with van der Waals surface area (Å²) in [5.41, 5.74) is 2.13. The number of carbonyl (C=O) groups is 1. The molecule has 2 aromatic heterocycles. The van der Waals surface area contributed by atoms with Crippen molar-refractivity contribution in [3.05, 3.63) is 62.5 Å². The van der Waals surface area contributed by atoms with Crippen molar-refractivity contribution >= 4 is 27.5 Å². The van der Waals surface area contributed by atoms with Gasteiger partial charge in [0.25, 0.3) is 11.5 Å². The lowest BCUT2D eigenvalue weighted by Crippen LogP contribution is -2.45. The molecule has 0 bridgehead atoms. The van der Waals surface area contributed by atoms with Crippen molar-refractivity contribution in [2.75, 3.05) is 6.54 Å². The van der Waals surface area contributed by atoms with Crippen molar-refractivity contribution in [3.63, 3.8) is 0 Å². The number of hydrogen-bond acceptors (Lipinski definition) is 4. The number of nitrogens with zero attached hydrogens (tertiary/aromatic N) is 2. The lowest BCUT2D eigenvalue weighted by molar-refractivity contribution is 0.0931. The van der Waals surface area contributed by atoms with E-state index in [1.54, 1.807) is 0 Å². The Morgan fingerprint density at radius 1 is 1.17 bits per heavy atom. The quantitative estimate of drug-likeness (QED) is 0.681. The molecule has 3 heterocycles. The average Bonchev–Trinajstić information content (AvgIpc) is 2.89. The zero-order valence-corrected chi connectivity index (χ0v) is 18.2. The van der Waals surface area contributed by atoms with Gasteiger partial charge in [0.15, 0.2) is 0 Å². The monoisotopic (exact) mass is 421 g/mol. The zero-order valence-electron chi connectivity index (χ0n) is 17.4. The lowest BCUT2D eigenvalue weighted by atomic mass is 9.64. The topological polar surface area (TPSA) is 64.0 Å². The number of aryl methyl sites for hydroxylation is 2. The number of rotatable bonds is 4. The highest BCUT2D eigenvalue weighted by Crippen LogP contribution is 2.43. The Kier molecular flexibility index (Phi) is 4.97. The van der Waals surface area contributed by atoms with Crippen molar-refractivity contribution < 1.29 is 4.79 Å². The van der Waals surface area contributed by atoms with Gasteiger partial charge in [-0.1, -0.05) is 43.2 Å². The molecule has 1 saturated carbocycles. The summed E-state index contributed by atoms with van der Waals surface area (Å²) in [5, 5.41) is 3.80. The summed E-state index contributed by atoms with van der Waals surface area (Å²) in [6.45, 7) is 3.25. The van der Waals surface area contributed by atoms with Crippen LogP contribution in [0.4, 0.5) is 0 Å². The van der Waals surface area contributed by atoms with Gasteiger partial charge in [0, 0.05) is 24.9 Å². The number of fused-ring (bicyclic) bond motifs is 2. The number of hydrogen-bond donors (Lipinski definition) is 1. The molecular weight excluding hydrogens is 394 g/mol. The molecule has 3 aromatic rings. The molecule has 1 fully saturated rings. The fourth-order valence-corrected chi connectivity index (χ4v) is 6.03. The van der Waals surface area contributed by atoms with Gasteiger partial charge in [-0.3, -0.25) is 14.2 Å². The van der Waals surface area contributed by atoms with Crippen molar-refractivity contribution in [1.82, 2.24) is 14.9 Å². The van der Waals surface area contributed by atoms with Crippen molar-refractivity contribution in [2.45, 2.75) is 63.8 Å². The smallest absolute Gasteiger partial charge is 0.262 e. The molecule has 30 heavy (non-hydrogen) atoms. The van der Waals surface area contributed by atoms with E-state index in [1.807, 2.05) is 17.6 Å². The number of thiophene rings is 1. The van der Waals surface area contributed by atoms with Gasteiger partial charge in [-0.25, -0.2) is 4.98 Å². The molecule has 6 heteroatoms. The number of benzene rings is 1. The van der Waals surface area contributed by atoms with Gasteiger partial charge in [0.1, 0.15) is 10.7 Å². The summed E-state index contributed by atoms with van der Waals surface area (Å²) in [6, 6.07) is 10.5. The molecule has 1 aromatic carbocycles. The molecule has 0 atom stereocenters. The molecule has 0 saturated heterocycles. The molecule has 0 unspecified atom stereocenters. The van der Waals surface area contributed by atoms with E-state index >= 15 is 0 Å². The molecule has 0 radical (unpaired) electrons. The van der Waals surface area contributed by atoms with Crippen molar-refractivity contribution in [1.29, 1.82) is 0 Å². The van der Waals surface area contributed by atoms with Gasteiger partial charge in [-0.2, -0.15) is 0 Å². The van der Waals surface area contributed by atoms with Crippen LogP contribution < -0.4 is 10.9 Å². The Morgan fingerprint density at radius 2 is 1.97 bits per heavy atom. The standard InChI is InChI=1S/C24H27N3O2S/c1-16-19-22(26-18-11-6-3-7-14-27(18)23(19)29)30-20(16)21(28)25-15-24(12-8-13-24)17-9-4-2-5-10-17/h2,4-5,9-10H,3,6-8,11-15H2,1H3,(H,25,28). The van der Waals surface area contributed by atoms with Crippen LogP contribution in [0.1, 0.15) is 65.1 Å². The van der Waals surface area contributed by atoms with Crippen molar-refractivity contribution in [2.24, 2.45) is 0 Å². The Labute approximate surface area is 180 Å². The maximum atomic E-state index is 13.1. The first-order valence-corrected chi connectivity index (χ1v) is 11.8. The van der Waals surface area contributed by atoms with Crippen LogP contribution in [0.2, 0.25) is 0 Å². The maximum absolute atomic E-state index is 13.1. The van der Waals surface area contributed by atoms with Gasteiger partial charge in [0.05, 0.1) is 10.3 Å². The van der Waals surface area contributed by atoms with Crippen LogP contribution in [0.15, 0.2) is 35.1 Å². The predicted molar refractivity (Wildman–Crippen MR) is 120 cm³/mol. The number of nitrogens with one attached hydrogen (secondary N) is 1. The Balaban J connectivity index is 1.43. The third-order valence-corrected chi connectivity index (χ3v) is 8.09. The van der Waals surface area contributed by atoms with Crippen LogP contribution >= 0.6 is 11.3 Å². The minimum Gasteiger partial charge on any atom is -0.350 e. The molecule has 156 valence electrons. The average molecular weight is 422 g/mol. The summed E-state index contributed by atoms with van der Waals surface area (Å²) in [5.74, 6) is 0.785. The molecular formula is C24H27N3O2S. The molecule has 1 N–H and O–H groups in total. The number of amides is 1. The van der Waals surface area contributed by atoms with Gasteiger partial charge < -0.3 is 5.32 Å². The number of aromatic nitrogens is 2. The molecule has 0 spiro atoms. The second-order valence-corrected chi connectivity index (χ2v) is 9.71. The third-order valence-electron chi connectivity index (χ3n) is 6.90.